The highest BCUT2D eigenvalue weighted by Crippen LogP contribution is 2.26. The molecule has 0 spiro atoms. The fourth-order valence-electron chi connectivity index (χ4n) is 1.96. The lowest BCUT2D eigenvalue weighted by molar-refractivity contribution is -0.167. The van der Waals surface area contributed by atoms with Gasteiger partial charge < -0.3 is 9.47 Å². The lowest BCUT2D eigenvalue weighted by Gasteiger charge is -2.24. The predicted octanol–water partition coefficient (Wildman–Crippen LogP) is 1.93. The van der Waals surface area contributed by atoms with Gasteiger partial charge in [0.25, 0.3) is 5.78 Å². The topological polar surface area (TPSA) is 69.7 Å². The molecule has 1 aromatic carbocycles. The first kappa shape index (κ1) is 16.9. The van der Waals surface area contributed by atoms with Gasteiger partial charge in [0.05, 0.1) is 13.2 Å². The molecule has 1 aromatic rings. The molecule has 0 N–H and O–H groups in total. The number of hydrogen-bond donors (Lipinski definition) is 0. The number of carbonyl (C=O) groups is 3. The Morgan fingerprint density at radius 3 is 2.10 bits per heavy atom. The van der Waals surface area contributed by atoms with Gasteiger partial charge in [0.15, 0.2) is 0 Å². The van der Waals surface area contributed by atoms with E-state index in [1.165, 1.54) is 6.92 Å². The second-order valence-corrected chi connectivity index (χ2v) is 4.76. The average Bonchev–Trinajstić information content (AvgIpc) is 2.47. The number of rotatable bonds is 7. The molecule has 0 heterocycles. The number of benzene rings is 1. The monoisotopic (exact) mass is 292 g/mol. The molecule has 5 heteroatoms. The smallest absolute Gasteiger partial charge is 0.375 e. The molecule has 0 aliphatic heterocycles. The summed E-state index contributed by atoms with van der Waals surface area (Å²) in [4.78, 5) is 36.2. The van der Waals surface area contributed by atoms with Crippen molar-refractivity contribution in [3.05, 3.63) is 35.9 Å². The van der Waals surface area contributed by atoms with Crippen molar-refractivity contribution in [2.75, 3.05) is 13.2 Å². The average molecular weight is 292 g/mol. The Labute approximate surface area is 124 Å². The van der Waals surface area contributed by atoms with Crippen molar-refractivity contribution in [1.29, 1.82) is 0 Å². The second kappa shape index (κ2) is 7.57. The lowest BCUT2D eigenvalue weighted by Crippen LogP contribution is -2.44. The van der Waals surface area contributed by atoms with Crippen LogP contribution in [0.15, 0.2) is 30.3 Å². The van der Waals surface area contributed by atoms with Gasteiger partial charge in [-0.2, -0.15) is 0 Å². The van der Waals surface area contributed by atoms with Crippen LogP contribution in [0.4, 0.5) is 0 Å². The zero-order chi connectivity index (χ0) is 15.9. The summed E-state index contributed by atoms with van der Waals surface area (Å²) in [5.41, 5.74) is -0.811. The van der Waals surface area contributed by atoms with Gasteiger partial charge in [-0.3, -0.25) is 9.59 Å². The van der Waals surface area contributed by atoms with Crippen molar-refractivity contribution in [2.24, 2.45) is 5.41 Å². The molecule has 0 bridgehead atoms. The molecular formula is C16H20O5. The van der Waals surface area contributed by atoms with Gasteiger partial charge in [0, 0.05) is 0 Å². The first-order chi connectivity index (χ1) is 9.95. The number of ether oxygens (including phenoxy) is 2. The first-order valence-corrected chi connectivity index (χ1v) is 6.88. The van der Waals surface area contributed by atoms with Gasteiger partial charge in [-0.15, -0.1) is 0 Å². The van der Waals surface area contributed by atoms with E-state index in [9.17, 15) is 14.4 Å². The van der Waals surface area contributed by atoms with Gasteiger partial charge in [0.2, 0.25) is 0 Å². The third-order valence-corrected chi connectivity index (χ3v) is 3.09. The Morgan fingerprint density at radius 2 is 1.57 bits per heavy atom. The van der Waals surface area contributed by atoms with E-state index in [0.717, 1.165) is 5.56 Å². The molecule has 1 rings (SSSR count). The minimum atomic E-state index is -1.58. The van der Waals surface area contributed by atoms with Crippen LogP contribution in [0.2, 0.25) is 0 Å². The predicted molar refractivity (Wildman–Crippen MR) is 76.5 cm³/mol. The number of hydrogen-bond acceptors (Lipinski definition) is 5. The maximum absolute atomic E-state index is 12.3. The normalized spacial score (nSPS) is 13.1. The molecular weight excluding hydrogens is 272 g/mol. The summed E-state index contributed by atoms with van der Waals surface area (Å²) in [7, 11) is 0. The largest absolute Gasteiger partial charge is 0.465 e. The van der Waals surface area contributed by atoms with E-state index in [4.69, 9.17) is 9.47 Å². The van der Waals surface area contributed by atoms with Crippen molar-refractivity contribution >= 4 is 17.7 Å². The second-order valence-electron chi connectivity index (χ2n) is 4.76. The number of esters is 2. The Bertz CT molecular complexity index is 509. The molecule has 0 aliphatic carbocycles. The van der Waals surface area contributed by atoms with Crippen LogP contribution in [0.1, 0.15) is 26.3 Å². The summed E-state index contributed by atoms with van der Waals surface area (Å²) in [6, 6.07) is 9.01. The van der Waals surface area contributed by atoms with Gasteiger partial charge in [0.1, 0.15) is 5.41 Å². The number of Topliss-reactive ketones (excluding diaryl/α,β-unsaturated/α-hetero) is 1. The Hall–Kier alpha value is -2.17. The van der Waals surface area contributed by atoms with Crippen LogP contribution in [-0.2, 0) is 30.3 Å². The molecule has 5 nitrogen and oxygen atoms in total. The van der Waals surface area contributed by atoms with Crippen LogP contribution in [0.3, 0.4) is 0 Å². The van der Waals surface area contributed by atoms with Crippen LogP contribution in [0.25, 0.3) is 0 Å². The summed E-state index contributed by atoms with van der Waals surface area (Å²) in [6.45, 7) is 4.88. The molecule has 21 heavy (non-hydrogen) atoms. The van der Waals surface area contributed by atoms with E-state index in [1.54, 1.807) is 38.1 Å². The summed E-state index contributed by atoms with van der Waals surface area (Å²) >= 11 is 0. The van der Waals surface area contributed by atoms with Crippen LogP contribution in [0, 0.1) is 5.41 Å². The summed E-state index contributed by atoms with van der Waals surface area (Å²) in [5, 5.41) is 0. The SMILES string of the molecule is CCOC(=O)C(=O)C(C)(Cc1ccccc1)C(=O)OCC. The van der Waals surface area contributed by atoms with Gasteiger partial charge in [-0.25, -0.2) is 4.79 Å². The Kier molecular flexibility index (Phi) is 6.09. The van der Waals surface area contributed by atoms with E-state index >= 15 is 0 Å². The van der Waals surface area contributed by atoms with Crippen LogP contribution >= 0.6 is 0 Å². The zero-order valence-corrected chi connectivity index (χ0v) is 12.5. The first-order valence-electron chi connectivity index (χ1n) is 6.88. The minimum Gasteiger partial charge on any atom is -0.465 e. The van der Waals surface area contributed by atoms with Crippen LogP contribution in [0.5, 0.6) is 0 Å². The summed E-state index contributed by atoms with van der Waals surface area (Å²) in [5.74, 6) is -2.61. The van der Waals surface area contributed by atoms with Crippen molar-refractivity contribution in [2.45, 2.75) is 27.2 Å². The Morgan fingerprint density at radius 1 is 1.00 bits per heavy atom. The van der Waals surface area contributed by atoms with Crippen LogP contribution in [-0.4, -0.2) is 30.9 Å². The van der Waals surface area contributed by atoms with Gasteiger partial charge in [-0.1, -0.05) is 30.3 Å². The molecule has 1 unspecified atom stereocenters. The third-order valence-electron chi connectivity index (χ3n) is 3.09. The molecule has 0 saturated carbocycles. The fourth-order valence-corrected chi connectivity index (χ4v) is 1.96. The summed E-state index contributed by atoms with van der Waals surface area (Å²) in [6.07, 6.45) is 0.0876. The minimum absolute atomic E-state index is 0.0782. The highest BCUT2D eigenvalue weighted by atomic mass is 16.5. The molecule has 0 aliphatic rings. The maximum Gasteiger partial charge on any atom is 0.375 e. The highest BCUT2D eigenvalue weighted by molar-refractivity contribution is 6.39. The van der Waals surface area contributed by atoms with Crippen molar-refractivity contribution < 1.29 is 23.9 Å². The molecule has 0 aromatic heterocycles. The Balaban J connectivity index is 3.08. The van der Waals surface area contributed by atoms with E-state index in [1.807, 2.05) is 6.07 Å². The van der Waals surface area contributed by atoms with E-state index in [-0.39, 0.29) is 19.6 Å². The van der Waals surface area contributed by atoms with Crippen LogP contribution < -0.4 is 0 Å². The zero-order valence-electron chi connectivity index (χ0n) is 12.5. The summed E-state index contributed by atoms with van der Waals surface area (Å²) < 4.78 is 9.68. The highest BCUT2D eigenvalue weighted by Gasteiger charge is 2.46. The molecule has 0 amide bonds. The van der Waals surface area contributed by atoms with Gasteiger partial charge in [-0.05, 0) is 32.8 Å². The fraction of sp³-hybridized carbons (Fsp3) is 0.438. The molecule has 1 atom stereocenters. The molecule has 0 radical (unpaired) electrons. The quantitative estimate of drug-likeness (QED) is 0.436. The lowest BCUT2D eigenvalue weighted by atomic mass is 9.79. The van der Waals surface area contributed by atoms with E-state index in [2.05, 4.69) is 0 Å². The van der Waals surface area contributed by atoms with E-state index < -0.39 is 23.1 Å². The molecule has 114 valence electrons. The third kappa shape index (κ3) is 4.15. The van der Waals surface area contributed by atoms with Crippen molar-refractivity contribution in [3.8, 4) is 0 Å². The van der Waals surface area contributed by atoms with Gasteiger partial charge >= 0.3 is 11.9 Å². The van der Waals surface area contributed by atoms with Crippen molar-refractivity contribution in [3.63, 3.8) is 0 Å². The molecule has 0 fully saturated rings. The van der Waals surface area contributed by atoms with E-state index in [0.29, 0.717) is 0 Å². The molecule has 0 saturated heterocycles. The number of ketones is 1. The number of carbonyl (C=O) groups excluding carboxylic acids is 3. The standard InChI is InChI=1S/C16H20O5/c1-4-20-14(18)13(17)16(3,15(19)21-5-2)11-12-9-7-6-8-10-12/h6-10H,4-5,11H2,1-3H3. The maximum atomic E-state index is 12.3. The van der Waals surface area contributed by atoms with Crippen molar-refractivity contribution in [1.82, 2.24) is 0 Å².